The molecule has 1 N–H and O–H groups in total. The molecule has 0 aliphatic rings. The van der Waals surface area contributed by atoms with Gasteiger partial charge in [-0.3, -0.25) is 9.78 Å². The summed E-state index contributed by atoms with van der Waals surface area (Å²) < 4.78 is 5.70. The smallest absolute Gasteiger partial charge is 0.228 e. The second-order valence-electron chi connectivity index (χ2n) is 5.09. The van der Waals surface area contributed by atoms with Crippen LogP contribution in [0.4, 0.5) is 5.69 Å². The van der Waals surface area contributed by atoms with Crippen LogP contribution in [-0.2, 0) is 4.79 Å². The first-order valence-corrected chi connectivity index (χ1v) is 6.75. The predicted octanol–water partition coefficient (Wildman–Crippen LogP) is 3.48. The van der Waals surface area contributed by atoms with E-state index < -0.39 is 0 Å². The van der Waals surface area contributed by atoms with Gasteiger partial charge < -0.3 is 9.73 Å². The van der Waals surface area contributed by atoms with Crippen molar-refractivity contribution in [3.8, 4) is 11.5 Å². The van der Waals surface area contributed by atoms with E-state index in [0.717, 1.165) is 5.56 Å². The van der Waals surface area contributed by atoms with E-state index >= 15 is 0 Å². The second kappa shape index (κ2) is 5.36. The number of carbonyl (C=O) groups excluding carboxylic acids is 1. The first-order valence-electron chi connectivity index (χ1n) is 6.75. The summed E-state index contributed by atoms with van der Waals surface area (Å²) in [5, 5.41) is 2.85. The van der Waals surface area contributed by atoms with E-state index in [2.05, 4.69) is 15.3 Å². The minimum Gasteiger partial charge on any atom is -0.436 e. The molecular formula is C16H15N3O2. The Labute approximate surface area is 122 Å². The Hall–Kier alpha value is -2.69. The summed E-state index contributed by atoms with van der Waals surface area (Å²) in [5.74, 6) is 0.430. The van der Waals surface area contributed by atoms with Crippen molar-refractivity contribution in [1.82, 2.24) is 9.97 Å². The van der Waals surface area contributed by atoms with Gasteiger partial charge in [-0.05, 0) is 30.3 Å². The Balaban J connectivity index is 1.94. The van der Waals surface area contributed by atoms with Crippen LogP contribution in [0.1, 0.15) is 13.8 Å². The molecule has 0 fully saturated rings. The Morgan fingerprint density at radius 3 is 2.86 bits per heavy atom. The van der Waals surface area contributed by atoms with Crippen LogP contribution in [0.25, 0.3) is 22.6 Å². The molecule has 0 unspecified atom stereocenters. The van der Waals surface area contributed by atoms with Gasteiger partial charge in [-0.1, -0.05) is 13.8 Å². The molecule has 3 rings (SSSR count). The summed E-state index contributed by atoms with van der Waals surface area (Å²) in [6, 6.07) is 9.13. The number of oxazole rings is 1. The summed E-state index contributed by atoms with van der Waals surface area (Å²) in [5.41, 5.74) is 2.92. The molecule has 0 atom stereocenters. The van der Waals surface area contributed by atoms with Crippen LogP contribution in [-0.4, -0.2) is 15.9 Å². The van der Waals surface area contributed by atoms with Crippen molar-refractivity contribution in [2.75, 3.05) is 5.32 Å². The molecule has 0 saturated heterocycles. The van der Waals surface area contributed by atoms with Gasteiger partial charge in [0.1, 0.15) is 5.52 Å². The molecule has 1 amide bonds. The van der Waals surface area contributed by atoms with Crippen molar-refractivity contribution >= 4 is 22.7 Å². The van der Waals surface area contributed by atoms with Crippen LogP contribution in [0.2, 0.25) is 0 Å². The second-order valence-corrected chi connectivity index (χ2v) is 5.09. The van der Waals surface area contributed by atoms with Crippen molar-refractivity contribution < 1.29 is 9.21 Å². The molecular weight excluding hydrogens is 266 g/mol. The molecule has 106 valence electrons. The summed E-state index contributed by atoms with van der Waals surface area (Å²) in [6.45, 7) is 3.70. The van der Waals surface area contributed by atoms with Gasteiger partial charge in [-0.2, -0.15) is 0 Å². The first-order chi connectivity index (χ1) is 10.1. The third-order valence-electron chi connectivity index (χ3n) is 3.09. The quantitative estimate of drug-likeness (QED) is 0.798. The molecule has 0 aliphatic carbocycles. The average molecular weight is 281 g/mol. The molecule has 0 radical (unpaired) electrons. The lowest BCUT2D eigenvalue weighted by molar-refractivity contribution is -0.118. The Bertz CT molecular complexity index is 779. The normalized spacial score (nSPS) is 11.0. The fraction of sp³-hybridized carbons (Fsp3) is 0.188. The maximum absolute atomic E-state index is 11.7. The molecule has 0 bridgehead atoms. The summed E-state index contributed by atoms with van der Waals surface area (Å²) in [7, 11) is 0. The Kier molecular flexibility index (Phi) is 3.39. The van der Waals surface area contributed by atoms with Gasteiger partial charge >= 0.3 is 0 Å². The number of aromatic nitrogens is 2. The van der Waals surface area contributed by atoms with Crippen molar-refractivity contribution in [2.24, 2.45) is 5.92 Å². The number of pyridine rings is 1. The summed E-state index contributed by atoms with van der Waals surface area (Å²) >= 11 is 0. The lowest BCUT2D eigenvalue weighted by Crippen LogP contribution is -2.17. The molecule has 1 aromatic carbocycles. The number of carbonyl (C=O) groups is 1. The van der Waals surface area contributed by atoms with Crippen LogP contribution < -0.4 is 5.32 Å². The molecule has 5 heteroatoms. The largest absolute Gasteiger partial charge is 0.436 e. The Morgan fingerprint density at radius 1 is 1.29 bits per heavy atom. The number of anilines is 1. The standard InChI is InChI=1S/C16H15N3O2/c1-10(2)15(20)18-12-5-6-14-13(8-12)19-16(21-14)11-4-3-7-17-9-11/h3-10H,1-2H3,(H,18,20). The number of benzene rings is 1. The highest BCUT2D eigenvalue weighted by molar-refractivity contribution is 5.94. The van der Waals surface area contributed by atoms with Crippen molar-refractivity contribution in [2.45, 2.75) is 13.8 Å². The van der Waals surface area contributed by atoms with Crippen LogP contribution in [0.15, 0.2) is 47.1 Å². The first kappa shape index (κ1) is 13.3. The van der Waals surface area contributed by atoms with Gasteiger partial charge in [-0.25, -0.2) is 4.98 Å². The maximum atomic E-state index is 11.7. The fourth-order valence-corrected chi connectivity index (χ4v) is 1.90. The van der Waals surface area contributed by atoms with Crippen molar-refractivity contribution in [1.29, 1.82) is 0 Å². The van der Waals surface area contributed by atoms with Gasteiger partial charge in [0, 0.05) is 24.0 Å². The van der Waals surface area contributed by atoms with Crippen molar-refractivity contribution in [3.05, 3.63) is 42.7 Å². The highest BCUT2D eigenvalue weighted by Gasteiger charge is 2.11. The lowest BCUT2D eigenvalue weighted by atomic mass is 10.2. The predicted molar refractivity (Wildman–Crippen MR) is 80.7 cm³/mol. The number of hydrogen-bond acceptors (Lipinski definition) is 4. The molecule has 2 heterocycles. The van der Waals surface area contributed by atoms with Gasteiger partial charge in [0.05, 0.1) is 5.56 Å². The summed E-state index contributed by atoms with van der Waals surface area (Å²) in [6.07, 6.45) is 3.40. The van der Waals surface area contributed by atoms with Crippen LogP contribution in [0.5, 0.6) is 0 Å². The van der Waals surface area contributed by atoms with Gasteiger partial charge in [0.15, 0.2) is 5.58 Å². The van der Waals surface area contributed by atoms with Crippen LogP contribution in [0, 0.1) is 5.92 Å². The van der Waals surface area contributed by atoms with E-state index in [4.69, 9.17) is 4.42 Å². The molecule has 3 aromatic rings. The topological polar surface area (TPSA) is 68.0 Å². The number of nitrogens with one attached hydrogen (secondary N) is 1. The van der Waals surface area contributed by atoms with E-state index in [1.807, 2.05) is 26.0 Å². The number of hydrogen-bond donors (Lipinski definition) is 1. The third kappa shape index (κ3) is 2.76. The monoisotopic (exact) mass is 281 g/mol. The third-order valence-corrected chi connectivity index (χ3v) is 3.09. The molecule has 21 heavy (non-hydrogen) atoms. The SMILES string of the molecule is CC(C)C(=O)Nc1ccc2oc(-c3cccnc3)nc2c1. The zero-order valence-electron chi connectivity index (χ0n) is 11.8. The minimum atomic E-state index is -0.0658. The highest BCUT2D eigenvalue weighted by atomic mass is 16.3. The van der Waals surface area contributed by atoms with E-state index in [0.29, 0.717) is 22.7 Å². The number of rotatable bonds is 3. The molecule has 0 saturated carbocycles. The molecule has 2 aromatic heterocycles. The fourth-order valence-electron chi connectivity index (χ4n) is 1.90. The lowest BCUT2D eigenvalue weighted by Gasteiger charge is -2.06. The van der Waals surface area contributed by atoms with Crippen LogP contribution >= 0.6 is 0 Å². The molecule has 0 spiro atoms. The van der Waals surface area contributed by atoms with Gasteiger partial charge in [-0.15, -0.1) is 0 Å². The Morgan fingerprint density at radius 2 is 2.14 bits per heavy atom. The van der Waals surface area contributed by atoms with Gasteiger partial charge in [0.2, 0.25) is 11.8 Å². The van der Waals surface area contributed by atoms with Crippen LogP contribution in [0.3, 0.4) is 0 Å². The number of amides is 1. The van der Waals surface area contributed by atoms with Gasteiger partial charge in [0.25, 0.3) is 0 Å². The van der Waals surface area contributed by atoms with E-state index in [1.54, 1.807) is 30.6 Å². The summed E-state index contributed by atoms with van der Waals surface area (Å²) in [4.78, 5) is 20.2. The van der Waals surface area contributed by atoms with E-state index in [9.17, 15) is 4.79 Å². The van der Waals surface area contributed by atoms with E-state index in [1.165, 1.54) is 0 Å². The zero-order valence-corrected chi connectivity index (χ0v) is 11.8. The number of nitrogens with zero attached hydrogens (tertiary/aromatic N) is 2. The van der Waals surface area contributed by atoms with Crippen molar-refractivity contribution in [3.63, 3.8) is 0 Å². The molecule has 5 nitrogen and oxygen atoms in total. The maximum Gasteiger partial charge on any atom is 0.228 e. The zero-order chi connectivity index (χ0) is 14.8. The number of fused-ring (bicyclic) bond motifs is 1. The average Bonchev–Trinajstić information content (AvgIpc) is 2.91. The highest BCUT2D eigenvalue weighted by Crippen LogP contribution is 2.25. The minimum absolute atomic E-state index is 0.0228. The van der Waals surface area contributed by atoms with E-state index in [-0.39, 0.29) is 11.8 Å². The molecule has 0 aliphatic heterocycles.